The molecular weight excluding hydrogens is 323 g/mol. The second-order valence-electron chi connectivity index (χ2n) is 6.00. The molecule has 1 aromatic rings. The van der Waals surface area contributed by atoms with Crippen LogP contribution in [-0.4, -0.2) is 49.2 Å². The number of anilines is 1. The van der Waals surface area contributed by atoms with E-state index in [4.69, 9.17) is 0 Å². The van der Waals surface area contributed by atoms with Crippen LogP contribution in [0.1, 0.15) is 12.8 Å². The molecule has 1 aromatic carbocycles. The minimum atomic E-state index is -3.08. The van der Waals surface area contributed by atoms with E-state index in [0.29, 0.717) is 12.1 Å². The van der Waals surface area contributed by atoms with Gasteiger partial charge in [0.2, 0.25) is 11.8 Å². The molecule has 2 saturated heterocycles. The van der Waals surface area contributed by atoms with Crippen molar-refractivity contribution in [2.24, 2.45) is 5.92 Å². The molecule has 2 heterocycles. The molecule has 2 unspecified atom stereocenters. The number of carbonyl (C=O) groups excluding carboxylic acids is 2. The third kappa shape index (κ3) is 3.52. The van der Waals surface area contributed by atoms with Crippen LogP contribution in [0.2, 0.25) is 0 Å². The Morgan fingerprint density at radius 2 is 2.13 bits per heavy atom. The monoisotopic (exact) mass is 340 g/mol. The number of hydrogen-bond acceptors (Lipinski definition) is 4. The first-order valence-corrected chi connectivity index (χ1v) is 9.22. The van der Waals surface area contributed by atoms with Crippen molar-refractivity contribution in [2.75, 3.05) is 23.4 Å². The van der Waals surface area contributed by atoms with Crippen molar-refractivity contribution in [3.63, 3.8) is 0 Å². The number of amides is 2. The maximum absolute atomic E-state index is 13.1. The number of rotatable bonds is 3. The first-order valence-electron chi connectivity index (χ1n) is 7.40. The minimum Gasteiger partial charge on any atom is -0.338 e. The average molecular weight is 340 g/mol. The molecule has 2 atom stereocenters. The zero-order valence-corrected chi connectivity index (χ0v) is 13.2. The number of hydrogen-bond donors (Lipinski definition) is 1. The van der Waals surface area contributed by atoms with E-state index in [-0.39, 0.29) is 42.3 Å². The molecule has 0 radical (unpaired) electrons. The van der Waals surface area contributed by atoms with Crippen LogP contribution in [0.15, 0.2) is 24.3 Å². The summed E-state index contributed by atoms with van der Waals surface area (Å²) in [6.45, 7) is 0.209. The highest BCUT2D eigenvalue weighted by atomic mass is 32.2. The lowest BCUT2D eigenvalue weighted by molar-refractivity contribution is -0.129. The lowest BCUT2D eigenvalue weighted by Gasteiger charge is -2.22. The molecular formula is C15H17FN2O4S. The molecule has 3 rings (SSSR count). The Kier molecular flexibility index (Phi) is 4.09. The summed E-state index contributed by atoms with van der Waals surface area (Å²) in [7, 11) is -3.08. The Morgan fingerprint density at radius 1 is 1.35 bits per heavy atom. The summed E-state index contributed by atoms with van der Waals surface area (Å²) in [6.07, 6.45) is 0.476. The molecule has 23 heavy (non-hydrogen) atoms. The fourth-order valence-electron chi connectivity index (χ4n) is 3.09. The van der Waals surface area contributed by atoms with E-state index in [2.05, 4.69) is 5.32 Å². The summed E-state index contributed by atoms with van der Waals surface area (Å²) in [6, 6.07) is 5.20. The van der Waals surface area contributed by atoms with Gasteiger partial charge in [-0.25, -0.2) is 12.8 Å². The van der Waals surface area contributed by atoms with Gasteiger partial charge in [0.05, 0.1) is 17.4 Å². The van der Waals surface area contributed by atoms with E-state index in [0.717, 1.165) is 0 Å². The van der Waals surface area contributed by atoms with Gasteiger partial charge in [-0.3, -0.25) is 9.59 Å². The molecule has 8 heteroatoms. The number of nitrogens with one attached hydrogen (secondary N) is 1. The molecule has 6 nitrogen and oxygen atoms in total. The third-order valence-corrected chi connectivity index (χ3v) is 6.02. The Morgan fingerprint density at radius 3 is 2.78 bits per heavy atom. The van der Waals surface area contributed by atoms with Crippen LogP contribution >= 0.6 is 0 Å². The Balaban J connectivity index is 1.64. The highest BCUT2D eigenvalue weighted by Crippen LogP contribution is 2.27. The topological polar surface area (TPSA) is 83.6 Å². The van der Waals surface area contributed by atoms with Gasteiger partial charge in [-0.2, -0.15) is 0 Å². The van der Waals surface area contributed by atoms with E-state index in [1.54, 1.807) is 6.07 Å². The molecule has 2 fully saturated rings. The number of likely N-dealkylation sites (tertiary alicyclic amines) is 1. The molecule has 1 N–H and O–H groups in total. The molecule has 2 amide bonds. The van der Waals surface area contributed by atoms with Gasteiger partial charge < -0.3 is 10.2 Å². The molecule has 0 saturated carbocycles. The second-order valence-corrected chi connectivity index (χ2v) is 8.23. The van der Waals surface area contributed by atoms with Gasteiger partial charge in [0.25, 0.3) is 0 Å². The molecule has 124 valence electrons. The average Bonchev–Trinajstić information content (AvgIpc) is 3.01. The molecule has 0 aromatic heterocycles. The number of sulfone groups is 1. The van der Waals surface area contributed by atoms with Crippen molar-refractivity contribution in [1.29, 1.82) is 0 Å². The molecule has 2 aliphatic rings. The highest BCUT2D eigenvalue weighted by Gasteiger charge is 2.41. The lowest BCUT2D eigenvalue weighted by Crippen LogP contribution is -2.38. The van der Waals surface area contributed by atoms with Crippen LogP contribution < -0.4 is 5.32 Å². The molecule has 0 spiro atoms. The summed E-state index contributed by atoms with van der Waals surface area (Å²) in [4.78, 5) is 25.8. The van der Waals surface area contributed by atoms with Crippen molar-refractivity contribution < 1.29 is 22.4 Å². The molecule has 0 bridgehead atoms. The van der Waals surface area contributed by atoms with Gasteiger partial charge in [-0.15, -0.1) is 0 Å². The smallest absolute Gasteiger partial charge is 0.229 e. The Bertz CT molecular complexity index is 750. The number of carbonyl (C=O) groups is 2. The van der Waals surface area contributed by atoms with E-state index in [1.165, 1.54) is 23.1 Å². The van der Waals surface area contributed by atoms with E-state index in [9.17, 15) is 22.4 Å². The highest BCUT2D eigenvalue weighted by molar-refractivity contribution is 7.91. The van der Waals surface area contributed by atoms with Crippen LogP contribution in [0.3, 0.4) is 0 Å². The Labute approximate surface area is 133 Å². The largest absolute Gasteiger partial charge is 0.338 e. The fourth-order valence-corrected chi connectivity index (χ4v) is 4.82. The van der Waals surface area contributed by atoms with Crippen molar-refractivity contribution in [3.8, 4) is 0 Å². The predicted octanol–water partition coefficient (Wildman–Crippen LogP) is 0.800. The SMILES string of the molecule is O=C(Nc1cccc(F)c1)C1CC(=O)N(C2CCS(=O)(=O)C2)C1. The maximum atomic E-state index is 13.1. The van der Waals surface area contributed by atoms with Crippen molar-refractivity contribution in [2.45, 2.75) is 18.9 Å². The molecule has 2 aliphatic heterocycles. The first kappa shape index (κ1) is 15.9. The van der Waals surface area contributed by atoms with Crippen LogP contribution in [0.5, 0.6) is 0 Å². The number of benzene rings is 1. The summed E-state index contributed by atoms with van der Waals surface area (Å²) < 4.78 is 36.2. The normalized spacial score (nSPS) is 26.5. The zero-order chi connectivity index (χ0) is 16.6. The summed E-state index contributed by atoms with van der Waals surface area (Å²) in [5.74, 6) is -1.51. The summed E-state index contributed by atoms with van der Waals surface area (Å²) in [5, 5.41) is 2.60. The standard InChI is InChI=1S/C15H17FN2O4S/c16-11-2-1-3-12(7-11)17-15(20)10-6-14(19)18(8-10)13-4-5-23(21,22)9-13/h1-3,7,10,13H,4-6,8-9H2,(H,17,20). The van der Waals surface area contributed by atoms with Crippen molar-refractivity contribution in [3.05, 3.63) is 30.1 Å². The minimum absolute atomic E-state index is 0.0308. The van der Waals surface area contributed by atoms with Gasteiger partial charge in [0.15, 0.2) is 9.84 Å². The number of halogens is 1. The Hall–Kier alpha value is -1.96. The lowest BCUT2D eigenvalue weighted by atomic mass is 10.1. The van der Waals surface area contributed by atoms with Gasteiger partial charge in [0.1, 0.15) is 5.82 Å². The fraction of sp³-hybridized carbons (Fsp3) is 0.467. The van der Waals surface area contributed by atoms with Crippen molar-refractivity contribution >= 4 is 27.3 Å². The van der Waals surface area contributed by atoms with Gasteiger partial charge in [0, 0.05) is 24.7 Å². The zero-order valence-electron chi connectivity index (χ0n) is 12.4. The quantitative estimate of drug-likeness (QED) is 0.882. The summed E-state index contributed by atoms with van der Waals surface area (Å²) in [5.41, 5.74) is 0.337. The van der Waals surface area contributed by atoms with E-state index in [1.807, 2.05) is 0 Å². The van der Waals surface area contributed by atoms with E-state index >= 15 is 0 Å². The van der Waals surface area contributed by atoms with Gasteiger partial charge in [-0.05, 0) is 24.6 Å². The van der Waals surface area contributed by atoms with Gasteiger partial charge in [-0.1, -0.05) is 6.07 Å². The van der Waals surface area contributed by atoms with Crippen LogP contribution in [0.4, 0.5) is 10.1 Å². The maximum Gasteiger partial charge on any atom is 0.229 e. The van der Waals surface area contributed by atoms with Crippen molar-refractivity contribution in [1.82, 2.24) is 4.90 Å². The second kappa shape index (κ2) is 5.92. The molecule has 0 aliphatic carbocycles. The third-order valence-electron chi connectivity index (χ3n) is 4.27. The van der Waals surface area contributed by atoms with Crippen LogP contribution in [0.25, 0.3) is 0 Å². The number of nitrogens with zero attached hydrogens (tertiary/aromatic N) is 1. The van der Waals surface area contributed by atoms with Gasteiger partial charge >= 0.3 is 0 Å². The summed E-state index contributed by atoms with van der Waals surface area (Å²) >= 11 is 0. The predicted molar refractivity (Wildman–Crippen MR) is 81.9 cm³/mol. The first-order chi connectivity index (χ1) is 10.8. The van der Waals surface area contributed by atoms with Crippen LogP contribution in [0, 0.1) is 11.7 Å². The van der Waals surface area contributed by atoms with Crippen LogP contribution in [-0.2, 0) is 19.4 Å². The van der Waals surface area contributed by atoms with E-state index < -0.39 is 21.6 Å².